The van der Waals surface area contributed by atoms with Crippen molar-refractivity contribution in [2.45, 2.75) is 45.2 Å². The van der Waals surface area contributed by atoms with Crippen LogP contribution in [-0.4, -0.2) is 11.7 Å². The molecule has 1 aromatic carbocycles. The van der Waals surface area contributed by atoms with Crippen LogP contribution in [0.25, 0.3) is 0 Å². The Balaban J connectivity index is 2.17. The van der Waals surface area contributed by atoms with Crippen molar-refractivity contribution in [2.24, 2.45) is 0 Å². The molecule has 0 amide bonds. The average molecular weight is 241 g/mol. The molecule has 0 unspecified atom stereocenters. The third-order valence-corrected chi connectivity index (χ3v) is 2.96. The van der Waals surface area contributed by atoms with E-state index < -0.39 is 0 Å². The molecule has 1 aliphatic rings. The maximum Gasteiger partial charge on any atom is 0.184 e. The molecular weight excluding hydrogens is 224 g/mol. The Morgan fingerprint density at radius 1 is 1.25 bits per heavy atom. The van der Waals surface area contributed by atoms with E-state index in [1.54, 1.807) is 0 Å². The monoisotopic (exact) mass is 240 g/mol. The summed E-state index contributed by atoms with van der Waals surface area (Å²) in [6, 6.07) is 7.61. The van der Waals surface area contributed by atoms with E-state index in [9.17, 15) is 0 Å². The molecule has 2 atom stereocenters. The molecule has 0 aliphatic carbocycles. The van der Waals surface area contributed by atoms with Gasteiger partial charge in [-0.3, -0.25) is 0 Å². The maximum atomic E-state index is 5.90. The fraction of sp³-hybridized carbons (Fsp3) is 0.538. The van der Waals surface area contributed by atoms with Gasteiger partial charge in [0.05, 0.1) is 11.7 Å². The zero-order valence-electron chi connectivity index (χ0n) is 9.87. The lowest BCUT2D eigenvalue weighted by Gasteiger charge is -2.39. The van der Waals surface area contributed by atoms with Crippen molar-refractivity contribution < 1.29 is 9.47 Å². The van der Waals surface area contributed by atoms with Gasteiger partial charge in [-0.15, -0.1) is 0 Å². The van der Waals surface area contributed by atoms with Crippen molar-refractivity contribution in [1.29, 1.82) is 0 Å². The van der Waals surface area contributed by atoms with Crippen LogP contribution in [0.2, 0.25) is 5.02 Å². The van der Waals surface area contributed by atoms with E-state index in [0.717, 1.165) is 17.0 Å². The molecule has 16 heavy (non-hydrogen) atoms. The van der Waals surface area contributed by atoms with Crippen molar-refractivity contribution in [2.75, 3.05) is 0 Å². The van der Waals surface area contributed by atoms with E-state index >= 15 is 0 Å². The first-order valence-electron chi connectivity index (χ1n) is 5.55. The van der Waals surface area contributed by atoms with Gasteiger partial charge < -0.3 is 9.47 Å². The Morgan fingerprint density at radius 2 is 1.88 bits per heavy atom. The van der Waals surface area contributed by atoms with Gasteiger partial charge in [0.25, 0.3) is 0 Å². The van der Waals surface area contributed by atoms with E-state index in [4.69, 9.17) is 21.1 Å². The van der Waals surface area contributed by atoms with E-state index in [1.807, 2.05) is 24.3 Å². The molecule has 0 bridgehead atoms. The van der Waals surface area contributed by atoms with Gasteiger partial charge in [-0.1, -0.05) is 23.7 Å². The molecule has 2 rings (SSSR count). The average Bonchev–Trinajstić information content (AvgIpc) is 2.15. The summed E-state index contributed by atoms with van der Waals surface area (Å²) in [5.74, 6) is 0. The molecule has 1 fully saturated rings. The highest BCUT2D eigenvalue weighted by Gasteiger charge is 2.34. The Bertz CT molecular complexity index is 359. The molecule has 0 radical (unpaired) electrons. The summed E-state index contributed by atoms with van der Waals surface area (Å²) >= 11 is 5.85. The van der Waals surface area contributed by atoms with E-state index in [1.165, 1.54) is 0 Å². The molecule has 2 nitrogen and oxygen atoms in total. The van der Waals surface area contributed by atoms with Crippen LogP contribution in [0.3, 0.4) is 0 Å². The lowest BCUT2D eigenvalue weighted by Crippen LogP contribution is -2.38. The molecule has 1 aliphatic heterocycles. The highest BCUT2D eigenvalue weighted by atomic mass is 35.5. The van der Waals surface area contributed by atoms with Gasteiger partial charge in [-0.05, 0) is 32.9 Å². The minimum Gasteiger partial charge on any atom is -0.345 e. The van der Waals surface area contributed by atoms with Crippen LogP contribution in [-0.2, 0) is 9.47 Å². The quantitative estimate of drug-likeness (QED) is 0.740. The minimum atomic E-state index is -0.281. The number of benzene rings is 1. The maximum absolute atomic E-state index is 5.90. The molecule has 1 saturated heterocycles. The van der Waals surface area contributed by atoms with Crippen molar-refractivity contribution in [1.82, 2.24) is 0 Å². The van der Waals surface area contributed by atoms with E-state index in [0.29, 0.717) is 0 Å². The summed E-state index contributed by atoms with van der Waals surface area (Å²) in [5, 5.41) is 0.729. The molecular formula is C13H17ClO2. The molecule has 0 N–H and O–H groups in total. The van der Waals surface area contributed by atoms with Crippen LogP contribution in [0.15, 0.2) is 24.3 Å². The van der Waals surface area contributed by atoms with Gasteiger partial charge in [0.15, 0.2) is 6.29 Å². The number of rotatable bonds is 1. The summed E-state index contributed by atoms with van der Waals surface area (Å²) in [6.07, 6.45) is 0.845. The van der Waals surface area contributed by atoms with Gasteiger partial charge in [0.1, 0.15) is 0 Å². The summed E-state index contributed by atoms with van der Waals surface area (Å²) < 4.78 is 11.7. The highest BCUT2D eigenvalue weighted by molar-refractivity contribution is 6.30. The topological polar surface area (TPSA) is 18.5 Å². The van der Waals surface area contributed by atoms with E-state index in [2.05, 4.69) is 20.8 Å². The number of hydrogen-bond acceptors (Lipinski definition) is 2. The molecule has 88 valence electrons. The first-order chi connectivity index (χ1) is 7.46. The predicted molar refractivity (Wildman–Crippen MR) is 64.5 cm³/mol. The highest BCUT2D eigenvalue weighted by Crippen LogP contribution is 2.35. The fourth-order valence-electron chi connectivity index (χ4n) is 2.08. The third kappa shape index (κ3) is 2.76. The first-order valence-corrected chi connectivity index (χ1v) is 5.93. The van der Waals surface area contributed by atoms with Crippen LogP contribution in [0.5, 0.6) is 0 Å². The summed E-state index contributed by atoms with van der Waals surface area (Å²) in [6.45, 7) is 6.26. The Labute approximate surface area is 102 Å². The number of ether oxygens (including phenoxy) is 2. The zero-order valence-corrected chi connectivity index (χ0v) is 10.6. The normalized spacial score (nSPS) is 29.0. The fourth-order valence-corrected chi connectivity index (χ4v) is 2.21. The SMILES string of the molecule is C[C@H]1CC(C)(C)O[C@H](c2ccc(Cl)cc2)O1. The van der Waals surface area contributed by atoms with Crippen molar-refractivity contribution in [3.8, 4) is 0 Å². The zero-order chi connectivity index (χ0) is 11.8. The van der Waals surface area contributed by atoms with Crippen molar-refractivity contribution in [3.63, 3.8) is 0 Å². The molecule has 3 heteroatoms. The molecule has 0 aromatic heterocycles. The van der Waals surface area contributed by atoms with Gasteiger partial charge in [0, 0.05) is 17.0 Å². The van der Waals surface area contributed by atoms with Gasteiger partial charge in [0.2, 0.25) is 0 Å². The third-order valence-electron chi connectivity index (χ3n) is 2.70. The van der Waals surface area contributed by atoms with Crippen LogP contribution in [0.1, 0.15) is 39.0 Å². The second-order valence-corrected chi connectivity index (χ2v) is 5.35. The smallest absolute Gasteiger partial charge is 0.184 e. The van der Waals surface area contributed by atoms with Gasteiger partial charge in [-0.2, -0.15) is 0 Å². The minimum absolute atomic E-state index is 0.137. The van der Waals surface area contributed by atoms with Crippen molar-refractivity contribution in [3.05, 3.63) is 34.9 Å². The molecule has 1 heterocycles. The predicted octanol–water partition coefficient (Wildman–Crippen LogP) is 3.94. The van der Waals surface area contributed by atoms with Crippen LogP contribution >= 0.6 is 11.6 Å². The largest absolute Gasteiger partial charge is 0.345 e. The first kappa shape index (κ1) is 11.9. The second kappa shape index (κ2) is 4.36. The molecule has 1 aromatic rings. The summed E-state index contributed by atoms with van der Waals surface area (Å²) in [4.78, 5) is 0. The van der Waals surface area contributed by atoms with Crippen LogP contribution < -0.4 is 0 Å². The van der Waals surface area contributed by atoms with Crippen LogP contribution in [0.4, 0.5) is 0 Å². The molecule has 0 saturated carbocycles. The second-order valence-electron chi connectivity index (χ2n) is 4.91. The summed E-state index contributed by atoms with van der Waals surface area (Å²) in [7, 11) is 0. The summed E-state index contributed by atoms with van der Waals surface area (Å²) in [5.41, 5.74) is 0.881. The van der Waals surface area contributed by atoms with Crippen molar-refractivity contribution >= 4 is 11.6 Å². The van der Waals surface area contributed by atoms with E-state index in [-0.39, 0.29) is 18.0 Å². The Morgan fingerprint density at radius 3 is 2.44 bits per heavy atom. The number of hydrogen-bond donors (Lipinski definition) is 0. The lowest BCUT2D eigenvalue weighted by molar-refractivity contribution is -0.273. The van der Waals surface area contributed by atoms with Crippen LogP contribution in [0, 0.1) is 0 Å². The molecule has 0 spiro atoms. The Hall–Kier alpha value is -0.570. The lowest BCUT2D eigenvalue weighted by atomic mass is 9.99. The van der Waals surface area contributed by atoms with Gasteiger partial charge in [-0.25, -0.2) is 0 Å². The number of halogens is 1. The standard InChI is InChI=1S/C13H17ClO2/c1-9-8-13(2,3)16-12(15-9)10-4-6-11(14)7-5-10/h4-7,9,12H,8H2,1-3H3/t9-,12+/m0/s1. The Kier molecular flexibility index (Phi) is 3.24. The van der Waals surface area contributed by atoms with Gasteiger partial charge >= 0.3 is 0 Å².